The molecule has 2 heteroatoms. The fourth-order valence-electron chi connectivity index (χ4n) is 1.50. The van der Waals surface area contributed by atoms with Gasteiger partial charge in [0, 0.05) is 0 Å². The molecule has 1 rings (SSSR count). The fourth-order valence-corrected chi connectivity index (χ4v) is 1.50. The smallest absolute Gasteiger partial charge is 0.0669 e. The molecule has 0 radical (unpaired) electrons. The molecule has 0 spiro atoms. The number of hydrogen-bond acceptors (Lipinski definition) is 2. The lowest BCUT2D eigenvalue weighted by molar-refractivity contribution is 1.14. The summed E-state index contributed by atoms with van der Waals surface area (Å²) < 4.78 is 0. The average molecular weight is 184 g/mol. The van der Waals surface area contributed by atoms with Crippen molar-refractivity contribution in [3.63, 3.8) is 0 Å². The van der Waals surface area contributed by atoms with Gasteiger partial charge in [0.1, 0.15) is 0 Å². The molecule has 0 aromatic heterocycles. The van der Waals surface area contributed by atoms with Crippen molar-refractivity contribution >= 4 is 0 Å². The molecule has 0 saturated heterocycles. The largest absolute Gasteiger partial charge is 0.198 e. The minimum atomic E-state index is 0.421. The van der Waals surface area contributed by atoms with Crippen molar-refractivity contribution in [1.29, 1.82) is 10.5 Å². The van der Waals surface area contributed by atoms with Gasteiger partial charge in [0.05, 0.1) is 25.0 Å². The van der Waals surface area contributed by atoms with Crippen molar-refractivity contribution in [1.82, 2.24) is 0 Å². The van der Waals surface area contributed by atoms with E-state index >= 15 is 0 Å². The Balaban J connectivity index is 3.16. The van der Waals surface area contributed by atoms with Gasteiger partial charge in [0.2, 0.25) is 0 Å². The van der Waals surface area contributed by atoms with Crippen LogP contribution in [0, 0.1) is 36.5 Å². The number of hydrogen-bond donors (Lipinski definition) is 0. The van der Waals surface area contributed by atoms with Crippen molar-refractivity contribution in [2.24, 2.45) is 0 Å². The monoisotopic (exact) mass is 184 g/mol. The van der Waals surface area contributed by atoms with E-state index in [1.807, 2.05) is 26.0 Å². The summed E-state index contributed by atoms with van der Waals surface area (Å²) in [7, 11) is 0. The molecule has 0 unspecified atom stereocenters. The van der Waals surface area contributed by atoms with Crippen LogP contribution in [0.3, 0.4) is 0 Å². The van der Waals surface area contributed by atoms with E-state index in [1.54, 1.807) is 0 Å². The Kier molecular flexibility index (Phi) is 3.26. The van der Waals surface area contributed by atoms with Crippen LogP contribution in [-0.2, 0) is 12.8 Å². The molecule has 1 aromatic carbocycles. The molecule has 0 heterocycles. The third-order valence-electron chi connectivity index (χ3n) is 2.33. The van der Waals surface area contributed by atoms with Crippen molar-refractivity contribution in [2.75, 3.05) is 0 Å². The van der Waals surface area contributed by atoms with Crippen molar-refractivity contribution in [3.05, 3.63) is 34.4 Å². The van der Waals surface area contributed by atoms with Crippen LogP contribution < -0.4 is 0 Å². The van der Waals surface area contributed by atoms with Gasteiger partial charge >= 0.3 is 0 Å². The zero-order valence-electron chi connectivity index (χ0n) is 8.46. The van der Waals surface area contributed by atoms with E-state index < -0.39 is 0 Å². The molecule has 2 nitrogen and oxygen atoms in total. The molecule has 70 valence electrons. The normalized spacial score (nSPS) is 9.14. The molecular weight excluding hydrogens is 172 g/mol. The van der Waals surface area contributed by atoms with Gasteiger partial charge in [0.15, 0.2) is 0 Å². The Morgan fingerprint density at radius 2 is 1.36 bits per heavy atom. The van der Waals surface area contributed by atoms with Crippen molar-refractivity contribution in [3.8, 4) is 12.1 Å². The highest BCUT2D eigenvalue weighted by Gasteiger charge is 2.03. The molecular formula is C12H12N2. The van der Waals surface area contributed by atoms with Gasteiger partial charge in [-0.2, -0.15) is 10.5 Å². The standard InChI is InChI=1S/C12H12N2/c1-9-7-10(2)12(4-6-14)8-11(9)3-5-13/h7-8H,3-4H2,1-2H3. The molecule has 14 heavy (non-hydrogen) atoms. The Morgan fingerprint density at radius 1 is 0.929 bits per heavy atom. The molecule has 0 N–H and O–H groups in total. The van der Waals surface area contributed by atoms with E-state index in [0.29, 0.717) is 12.8 Å². The van der Waals surface area contributed by atoms with Gasteiger partial charge < -0.3 is 0 Å². The molecule has 0 amide bonds. The summed E-state index contributed by atoms with van der Waals surface area (Å²) in [5.74, 6) is 0. The summed E-state index contributed by atoms with van der Waals surface area (Å²) in [6.07, 6.45) is 0.842. The number of benzene rings is 1. The topological polar surface area (TPSA) is 47.6 Å². The van der Waals surface area contributed by atoms with E-state index in [4.69, 9.17) is 10.5 Å². The van der Waals surface area contributed by atoms with Crippen LogP contribution in [0.2, 0.25) is 0 Å². The number of aryl methyl sites for hydroxylation is 2. The summed E-state index contributed by atoms with van der Waals surface area (Å²) in [5, 5.41) is 17.2. The molecule has 0 atom stereocenters. The Morgan fingerprint density at radius 3 is 1.71 bits per heavy atom. The first kappa shape index (κ1) is 10.3. The van der Waals surface area contributed by atoms with Crippen LogP contribution in [0.1, 0.15) is 22.3 Å². The van der Waals surface area contributed by atoms with Gasteiger partial charge in [-0.05, 0) is 36.1 Å². The summed E-state index contributed by atoms with van der Waals surface area (Å²) in [5.41, 5.74) is 4.32. The minimum Gasteiger partial charge on any atom is -0.198 e. The third kappa shape index (κ3) is 2.12. The minimum absolute atomic E-state index is 0.421. The van der Waals surface area contributed by atoms with Crippen LogP contribution in [0.5, 0.6) is 0 Å². The highest BCUT2D eigenvalue weighted by Crippen LogP contribution is 2.16. The maximum Gasteiger partial charge on any atom is 0.0669 e. The highest BCUT2D eigenvalue weighted by atomic mass is 14.2. The first-order chi connectivity index (χ1) is 6.69. The predicted octanol–water partition coefficient (Wildman–Crippen LogP) is 2.44. The van der Waals surface area contributed by atoms with Gasteiger partial charge in [-0.1, -0.05) is 12.1 Å². The van der Waals surface area contributed by atoms with E-state index in [-0.39, 0.29) is 0 Å². The molecule has 0 fully saturated rings. The lowest BCUT2D eigenvalue weighted by atomic mass is 9.97. The average Bonchev–Trinajstić information content (AvgIpc) is 2.14. The molecule has 0 aliphatic heterocycles. The molecule has 0 saturated carbocycles. The van der Waals surface area contributed by atoms with Gasteiger partial charge in [0.25, 0.3) is 0 Å². The first-order valence-corrected chi connectivity index (χ1v) is 4.52. The number of nitrogens with zero attached hydrogens (tertiary/aromatic N) is 2. The van der Waals surface area contributed by atoms with E-state index in [0.717, 1.165) is 22.3 Å². The summed E-state index contributed by atoms with van der Waals surface area (Å²) in [6, 6.07) is 8.27. The van der Waals surface area contributed by atoms with Gasteiger partial charge in [-0.25, -0.2) is 0 Å². The lowest BCUT2D eigenvalue weighted by Crippen LogP contribution is -1.94. The fraction of sp³-hybridized carbons (Fsp3) is 0.333. The second kappa shape index (κ2) is 4.44. The maximum atomic E-state index is 8.62. The van der Waals surface area contributed by atoms with E-state index in [1.165, 1.54) is 0 Å². The van der Waals surface area contributed by atoms with Gasteiger partial charge in [-0.3, -0.25) is 0 Å². The first-order valence-electron chi connectivity index (χ1n) is 4.52. The Labute approximate surface area is 84.4 Å². The van der Waals surface area contributed by atoms with E-state index in [2.05, 4.69) is 12.1 Å². The second-order valence-corrected chi connectivity index (χ2v) is 3.37. The molecule has 0 bridgehead atoms. The molecule has 0 aliphatic rings. The zero-order chi connectivity index (χ0) is 10.6. The van der Waals surface area contributed by atoms with Crippen molar-refractivity contribution in [2.45, 2.75) is 26.7 Å². The molecule has 1 aromatic rings. The van der Waals surface area contributed by atoms with Gasteiger partial charge in [-0.15, -0.1) is 0 Å². The van der Waals surface area contributed by atoms with E-state index in [9.17, 15) is 0 Å². The van der Waals surface area contributed by atoms with Crippen LogP contribution >= 0.6 is 0 Å². The SMILES string of the molecule is Cc1cc(C)c(CC#N)cc1CC#N. The Bertz CT molecular complexity index is 382. The van der Waals surface area contributed by atoms with Crippen LogP contribution in [-0.4, -0.2) is 0 Å². The predicted molar refractivity (Wildman–Crippen MR) is 54.6 cm³/mol. The van der Waals surface area contributed by atoms with Crippen LogP contribution in [0.15, 0.2) is 12.1 Å². The number of nitriles is 2. The maximum absolute atomic E-state index is 8.62. The van der Waals surface area contributed by atoms with Crippen molar-refractivity contribution < 1.29 is 0 Å². The Hall–Kier alpha value is -1.80. The summed E-state index contributed by atoms with van der Waals surface area (Å²) in [6.45, 7) is 3.99. The van der Waals surface area contributed by atoms with Crippen LogP contribution in [0.25, 0.3) is 0 Å². The molecule has 0 aliphatic carbocycles. The summed E-state index contributed by atoms with van der Waals surface area (Å²) in [4.78, 5) is 0. The number of rotatable bonds is 2. The lowest BCUT2D eigenvalue weighted by Gasteiger charge is -2.07. The third-order valence-corrected chi connectivity index (χ3v) is 2.33. The zero-order valence-corrected chi connectivity index (χ0v) is 8.46. The second-order valence-electron chi connectivity index (χ2n) is 3.37. The quantitative estimate of drug-likeness (QED) is 0.708. The highest BCUT2D eigenvalue weighted by molar-refractivity contribution is 5.39. The summed E-state index contributed by atoms with van der Waals surface area (Å²) >= 11 is 0. The van der Waals surface area contributed by atoms with Crippen LogP contribution in [0.4, 0.5) is 0 Å².